The van der Waals surface area contributed by atoms with Crippen LogP contribution in [0.3, 0.4) is 0 Å². The van der Waals surface area contributed by atoms with Crippen LogP contribution < -0.4 is 5.73 Å². The molecule has 3 nitrogen and oxygen atoms in total. The van der Waals surface area contributed by atoms with Crippen LogP contribution in [0.1, 0.15) is 17.5 Å². The molecule has 2 rings (SSSR count). The van der Waals surface area contributed by atoms with Crippen molar-refractivity contribution in [3.63, 3.8) is 0 Å². The Morgan fingerprint density at radius 2 is 2.06 bits per heavy atom. The normalized spacial score (nSPS) is 14.6. The number of hydrogen-bond donors (Lipinski definition) is 1. The van der Waals surface area contributed by atoms with E-state index in [1.807, 2.05) is 23.4 Å². The van der Waals surface area contributed by atoms with Crippen molar-refractivity contribution in [2.45, 2.75) is 19.9 Å². The quantitative estimate of drug-likeness (QED) is 0.861. The molecule has 1 aromatic carbocycles. The molecule has 1 heterocycles. The molecule has 0 aliphatic carbocycles. The molecular formula is C14H16N2O. The highest BCUT2D eigenvalue weighted by molar-refractivity contribution is 5.92. The van der Waals surface area contributed by atoms with Gasteiger partial charge in [-0.05, 0) is 18.9 Å². The first-order chi connectivity index (χ1) is 8.15. The fourth-order valence-electron chi connectivity index (χ4n) is 1.78. The summed E-state index contributed by atoms with van der Waals surface area (Å²) in [5, 5.41) is 0. The topological polar surface area (TPSA) is 46.3 Å². The Balaban J connectivity index is 2.08. The second-order valence-electron chi connectivity index (χ2n) is 4.27. The van der Waals surface area contributed by atoms with Gasteiger partial charge in [0.2, 0.25) is 5.91 Å². The molecule has 1 aromatic rings. The van der Waals surface area contributed by atoms with Gasteiger partial charge in [0, 0.05) is 24.5 Å². The second kappa shape index (κ2) is 4.87. The van der Waals surface area contributed by atoms with Crippen molar-refractivity contribution in [1.29, 1.82) is 0 Å². The predicted molar refractivity (Wildman–Crippen MR) is 67.8 cm³/mol. The lowest BCUT2D eigenvalue weighted by molar-refractivity contribution is -0.114. The first-order valence-electron chi connectivity index (χ1n) is 5.63. The predicted octanol–water partition coefficient (Wildman–Crippen LogP) is 2.08. The van der Waals surface area contributed by atoms with Gasteiger partial charge >= 0.3 is 0 Å². The molecule has 0 aromatic heterocycles. The fraction of sp³-hybridized carbons (Fsp3) is 0.214. The van der Waals surface area contributed by atoms with Gasteiger partial charge in [-0.1, -0.05) is 35.9 Å². The van der Waals surface area contributed by atoms with Crippen LogP contribution in [0.25, 0.3) is 0 Å². The molecular weight excluding hydrogens is 212 g/mol. The van der Waals surface area contributed by atoms with Crippen LogP contribution in [0.4, 0.5) is 0 Å². The van der Waals surface area contributed by atoms with E-state index in [9.17, 15) is 4.79 Å². The van der Waals surface area contributed by atoms with Crippen LogP contribution in [0, 0.1) is 6.92 Å². The molecule has 0 atom stereocenters. The average molecular weight is 228 g/mol. The van der Waals surface area contributed by atoms with Gasteiger partial charge in [-0.25, -0.2) is 0 Å². The maximum Gasteiger partial charge on any atom is 0.246 e. The van der Waals surface area contributed by atoms with Gasteiger partial charge in [0.25, 0.3) is 0 Å². The average Bonchev–Trinajstić information content (AvgIpc) is 2.32. The van der Waals surface area contributed by atoms with Gasteiger partial charge in [0.1, 0.15) is 0 Å². The van der Waals surface area contributed by atoms with Crippen LogP contribution in [0.5, 0.6) is 0 Å². The summed E-state index contributed by atoms with van der Waals surface area (Å²) in [5.74, 6) is -0.344. The number of primary amides is 1. The third-order valence-electron chi connectivity index (χ3n) is 2.76. The van der Waals surface area contributed by atoms with Gasteiger partial charge in [0.05, 0.1) is 0 Å². The summed E-state index contributed by atoms with van der Waals surface area (Å²) in [5.41, 5.74) is 8.38. The SMILES string of the molecule is Cc1ccc(CN2C=CCC(C(N)=O)=C2)cc1. The summed E-state index contributed by atoms with van der Waals surface area (Å²) in [6.07, 6.45) is 6.38. The lowest BCUT2D eigenvalue weighted by Gasteiger charge is -2.20. The number of hydrogen-bond acceptors (Lipinski definition) is 2. The number of nitrogens with zero attached hydrogens (tertiary/aromatic N) is 1. The third-order valence-corrected chi connectivity index (χ3v) is 2.76. The third kappa shape index (κ3) is 2.97. The number of aryl methyl sites for hydroxylation is 1. The Kier molecular flexibility index (Phi) is 3.28. The zero-order valence-electron chi connectivity index (χ0n) is 9.89. The van der Waals surface area contributed by atoms with Crippen molar-refractivity contribution in [3.8, 4) is 0 Å². The van der Waals surface area contributed by atoms with E-state index in [1.165, 1.54) is 11.1 Å². The molecule has 1 aliphatic heterocycles. The Morgan fingerprint density at radius 3 is 2.71 bits per heavy atom. The second-order valence-corrected chi connectivity index (χ2v) is 4.27. The number of amides is 1. The Morgan fingerprint density at radius 1 is 1.35 bits per heavy atom. The summed E-state index contributed by atoms with van der Waals surface area (Å²) in [6.45, 7) is 2.82. The first kappa shape index (κ1) is 11.5. The molecule has 3 heteroatoms. The minimum absolute atomic E-state index is 0.344. The van der Waals surface area contributed by atoms with Crippen LogP contribution >= 0.6 is 0 Å². The molecule has 0 saturated heterocycles. The van der Waals surface area contributed by atoms with E-state index in [2.05, 4.69) is 31.2 Å². The molecule has 0 radical (unpaired) electrons. The number of nitrogens with two attached hydrogens (primary N) is 1. The highest BCUT2D eigenvalue weighted by atomic mass is 16.1. The molecule has 2 N–H and O–H groups in total. The summed E-state index contributed by atoms with van der Waals surface area (Å²) >= 11 is 0. The van der Waals surface area contributed by atoms with E-state index < -0.39 is 0 Å². The monoisotopic (exact) mass is 228 g/mol. The van der Waals surface area contributed by atoms with E-state index in [4.69, 9.17) is 5.73 Å². The lowest BCUT2D eigenvalue weighted by atomic mass is 10.1. The minimum Gasteiger partial charge on any atom is -0.366 e. The Hall–Kier alpha value is -2.03. The molecule has 0 unspecified atom stereocenters. The lowest BCUT2D eigenvalue weighted by Crippen LogP contribution is -2.20. The van der Waals surface area contributed by atoms with Crippen LogP contribution in [-0.2, 0) is 11.3 Å². The standard InChI is InChI=1S/C14H16N2O/c1-11-4-6-12(7-5-11)9-16-8-2-3-13(10-16)14(15)17/h2,4-8,10H,3,9H2,1H3,(H2,15,17). The van der Waals surface area contributed by atoms with Gasteiger partial charge in [-0.2, -0.15) is 0 Å². The van der Waals surface area contributed by atoms with Crippen molar-refractivity contribution >= 4 is 5.91 Å². The van der Waals surface area contributed by atoms with Crippen LogP contribution in [0.15, 0.2) is 48.3 Å². The number of rotatable bonds is 3. The Bertz CT molecular complexity index is 472. The maximum absolute atomic E-state index is 11.1. The summed E-state index contributed by atoms with van der Waals surface area (Å²) < 4.78 is 0. The molecule has 0 fully saturated rings. The highest BCUT2D eigenvalue weighted by Gasteiger charge is 2.09. The Labute approximate surface area is 101 Å². The fourth-order valence-corrected chi connectivity index (χ4v) is 1.78. The zero-order valence-corrected chi connectivity index (χ0v) is 9.89. The van der Waals surface area contributed by atoms with Gasteiger partial charge in [-0.15, -0.1) is 0 Å². The van der Waals surface area contributed by atoms with Crippen molar-refractivity contribution in [3.05, 3.63) is 59.4 Å². The maximum atomic E-state index is 11.1. The van der Waals surface area contributed by atoms with Crippen molar-refractivity contribution in [1.82, 2.24) is 4.90 Å². The molecule has 0 bridgehead atoms. The smallest absolute Gasteiger partial charge is 0.246 e. The van der Waals surface area contributed by atoms with Crippen molar-refractivity contribution in [2.75, 3.05) is 0 Å². The van der Waals surface area contributed by atoms with Crippen molar-refractivity contribution in [2.24, 2.45) is 5.73 Å². The summed E-state index contributed by atoms with van der Waals surface area (Å²) in [6, 6.07) is 8.36. The van der Waals surface area contributed by atoms with Gasteiger partial charge in [-0.3, -0.25) is 4.79 Å². The number of benzene rings is 1. The van der Waals surface area contributed by atoms with Crippen LogP contribution in [0.2, 0.25) is 0 Å². The molecule has 88 valence electrons. The molecule has 0 spiro atoms. The number of carbonyl (C=O) groups is 1. The van der Waals surface area contributed by atoms with E-state index in [-0.39, 0.29) is 5.91 Å². The number of allylic oxidation sites excluding steroid dienone is 1. The first-order valence-corrected chi connectivity index (χ1v) is 5.63. The van der Waals surface area contributed by atoms with E-state index in [0.717, 1.165) is 6.54 Å². The largest absolute Gasteiger partial charge is 0.366 e. The molecule has 1 aliphatic rings. The molecule has 1 amide bonds. The minimum atomic E-state index is -0.344. The summed E-state index contributed by atoms with van der Waals surface area (Å²) in [4.78, 5) is 13.1. The highest BCUT2D eigenvalue weighted by Crippen LogP contribution is 2.15. The number of carbonyl (C=O) groups excluding carboxylic acids is 1. The van der Waals surface area contributed by atoms with E-state index >= 15 is 0 Å². The van der Waals surface area contributed by atoms with Crippen LogP contribution in [-0.4, -0.2) is 10.8 Å². The molecule has 17 heavy (non-hydrogen) atoms. The zero-order chi connectivity index (χ0) is 12.3. The summed E-state index contributed by atoms with van der Waals surface area (Å²) in [7, 11) is 0. The van der Waals surface area contributed by atoms with Crippen molar-refractivity contribution < 1.29 is 4.79 Å². The molecule has 0 saturated carbocycles. The van der Waals surface area contributed by atoms with Gasteiger partial charge in [0.15, 0.2) is 0 Å². The van der Waals surface area contributed by atoms with E-state index in [1.54, 1.807) is 0 Å². The van der Waals surface area contributed by atoms with Gasteiger partial charge < -0.3 is 10.6 Å². The van der Waals surface area contributed by atoms with E-state index in [0.29, 0.717) is 12.0 Å².